The molecule has 0 bridgehead atoms. The van der Waals surface area contributed by atoms with Crippen molar-refractivity contribution in [3.05, 3.63) is 16.4 Å². The first-order valence-electron chi connectivity index (χ1n) is 5.35. The zero-order valence-electron chi connectivity index (χ0n) is 8.90. The van der Waals surface area contributed by atoms with Crippen LogP contribution in [0.3, 0.4) is 0 Å². The summed E-state index contributed by atoms with van der Waals surface area (Å²) in [6.07, 6.45) is 3.46. The number of carbonyl (C=O) groups excluding carboxylic acids is 1. The average molecular weight is 226 g/mol. The molecular weight excluding hydrogens is 212 g/mol. The maximum absolute atomic E-state index is 11.5. The lowest BCUT2D eigenvalue weighted by Crippen LogP contribution is -2.36. The van der Waals surface area contributed by atoms with Crippen LogP contribution in [-0.4, -0.2) is 35.7 Å². The quantitative estimate of drug-likeness (QED) is 0.753. The highest BCUT2D eigenvalue weighted by Crippen LogP contribution is 2.09. The van der Waals surface area contributed by atoms with Crippen molar-refractivity contribution >= 4 is 5.97 Å². The molecule has 1 N–H and O–H groups in total. The molecule has 1 aliphatic rings. The molecule has 88 valence electrons. The minimum Gasteiger partial charge on any atom is -0.390 e. The fourth-order valence-corrected chi connectivity index (χ4v) is 1.76. The van der Waals surface area contributed by atoms with E-state index in [0.717, 1.165) is 32.0 Å². The SMILES string of the molecule is O=C(CN1CCCCC1)Oc1cc(=O)[nH]o1. The van der Waals surface area contributed by atoms with E-state index >= 15 is 0 Å². The zero-order chi connectivity index (χ0) is 11.4. The van der Waals surface area contributed by atoms with Crippen LogP contribution >= 0.6 is 0 Å². The van der Waals surface area contributed by atoms with Crippen molar-refractivity contribution in [1.82, 2.24) is 10.1 Å². The number of esters is 1. The Morgan fingerprint density at radius 3 is 2.81 bits per heavy atom. The number of H-pyrrole nitrogens is 1. The van der Waals surface area contributed by atoms with Gasteiger partial charge >= 0.3 is 11.9 Å². The number of nitrogens with one attached hydrogen (secondary N) is 1. The number of carbonyl (C=O) groups is 1. The highest BCUT2D eigenvalue weighted by molar-refractivity contribution is 5.73. The highest BCUT2D eigenvalue weighted by atomic mass is 16.7. The summed E-state index contributed by atoms with van der Waals surface area (Å²) in [7, 11) is 0. The fraction of sp³-hybridized carbons (Fsp3) is 0.600. The summed E-state index contributed by atoms with van der Waals surface area (Å²) in [5, 5.41) is 2.06. The third-order valence-corrected chi connectivity index (χ3v) is 2.52. The summed E-state index contributed by atoms with van der Waals surface area (Å²) in [5.41, 5.74) is -0.416. The number of nitrogens with zero attached hydrogens (tertiary/aromatic N) is 1. The Bertz CT molecular complexity index is 403. The lowest BCUT2D eigenvalue weighted by molar-refractivity contribution is -0.137. The molecule has 2 heterocycles. The summed E-state index contributed by atoms with van der Waals surface area (Å²) in [6, 6.07) is 1.11. The summed E-state index contributed by atoms with van der Waals surface area (Å²) >= 11 is 0. The van der Waals surface area contributed by atoms with Crippen LogP contribution in [0.15, 0.2) is 15.4 Å². The van der Waals surface area contributed by atoms with E-state index in [9.17, 15) is 9.59 Å². The van der Waals surface area contributed by atoms with Crippen molar-refractivity contribution in [3.8, 4) is 5.95 Å². The Morgan fingerprint density at radius 2 is 2.19 bits per heavy atom. The van der Waals surface area contributed by atoms with Crippen molar-refractivity contribution in [1.29, 1.82) is 0 Å². The Morgan fingerprint density at radius 1 is 1.44 bits per heavy atom. The molecule has 1 aromatic rings. The molecule has 6 nitrogen and oxygen atoms in total. The van der Waals surface area contributed by atoms with Crippen LogP contribution in [0.4, 0.5) is 0 Å². The van der Waals surface area contributed by atoms with Gasteiger partial charge < -0.3 is 9.26 Å². The van der Waals surface area contributed by atoms with Crippen molar-refractivity contribution in [2.24, 2.45) is 0 Å². The summed E-state index contributed by atoms with van der Waals surface area (Å²) in [4.78, 5) is 24.2. The predicted octanol–water partition coefficient (Wildman–Crippen LogP) is 0.359. The van der Waals surface area contributed by atoms with Gasteiger partial charge in [0.05, 0.1) is 12.6 Å². The number of piperidine rings is 1. The second-order valence-corrected chi connectivity index (χ2v) is 3.84. The molecule has 0 spiro atoms. The first-order chi connectivity index (χ1) is 7.74. The van der Waals surface area contributed by atoms with E-state index in [1.807, 2.05) is 4.90 Å². The summed E-state index contributed by atoms with van der Waals surface area (Å²) in [6.45, 7) is 2.09. The van der Waals surface area contributed by atoms with Crippen LogP contribution in [0.5, 0.6) is 5.95 Å². The van der Waals surface area contributed by atoms with Gasteiger partial charge in [0.1, 0.15) is 0 Å². The maximum atomic E-state index is 11.5. The molecule has 2 rings (SSSR count). The maximum Gasteiger partial charge on any atom is 0.327 e. The minimum atomic E-state index is -0.416. The number of likely N-dealkylation sites (tertiary alicyclic amines) is 1. The normalized spacial score (nSPS) is 17.2. The van der Waals surface area contributed by atoms with Gasteiger partial charge in [-0.2, -0.15) is 5.16 Å². The second kappa shape index (κ2) is 4.98. The predicted molar refractivity (Wildman–Crippen MR) is 55.3 cm³/mol. The van der Waals surface area contributed by atoms with Gasteiger partial charge in [-0.05, 0) is 25.9 Å². The molecule has 1 fully saturated rings. The van der Waals surface area contributed by atoms with Crippen molar-refractivity contribution in [3.63, 3.8) is 0 Å². The number of hydrogen-bond donors (Lipinski definition) is 1. The fourth-order valence-electron chi connectivity index (χ4n) is 1.76. The number of aromatic nitrogens is 1. The molecule has 0 aromatic carbocycles. The van der Waals surface area contributed by atoms with Crippen LogP contribution in [0, 0.1) is 0 Å². The van der Waals surface area contributed by atoms with Crippen molar-refractivity contribution in [2.75, 3.05) is 19.6 Å². The van der Waals surface area contributed by atoms with E-state index in [1.165, 1.54) is 6.42 Å². The monoisotopic (exact) mass is 226 g/mol. The highest BCUT2D eigenvalue weighted by Gasteiger charge is 2.16. The molecule has 1 aromatic heterocycles. The summed E-state index contributed by atoms with van der Waals surface area (Å²) in [5.74, 6) is -0.475. The molecule has 1 saturated heterocycles. The van der Waals surface area contributed by atoms with E-state index in [4.69, 9.17) is 4.74 Å². The standard InChI is InChI=1S/C10H14N2O4/c13-8-6-10(16-11-8)15-9(14)7-12-4-2-1-3-5-12/h6H,1-5,7H2,(H,11,13). The molecule has 1 aliphatic heterocycles. The van der Waals surface area contributed by atoms with Gasteiger partial charge in [-0.25, -0.2) is 0 Å². The Labute approximate surface area is 92.1 Å². The van der Waals surface area contributed by atoms with Crippen molar-refractivity contribution < 1.29 is 14.1 Å². The van der Waals surface area contributed by atoms with Gasteiger partial charge in [0.15, 0.2) is 0 Å². The Balaban J connectivity index is 1.81. The first-order valence-corrected chi connectivity index (χ1v) is 5.35. The lowest BCUT2D eigenvalue weighted by Gasteiger charge is -2.24. The van der Waals surface area contributed by atoms with Crippen LogP contribution in [0.1, 0.15) is 19.3 Å². The van der Waals surface area contributed by atoms with E-state index in [2.05, 4.69) is 9.68 Å². The molecule has 16 heavy (non-hydrogen) atoms. The molecule has 0 radical (unpaired) electrons. The van der Waals surface area contributed by atoms with Gasteiger partial charge in [0.25, 0.3) is 5.56 Å². The van der Waals surface area contributed by atoms with Crippen LogP contribution in [-0.2, 0) is 4.79 Å². The van der Waals surface area contributed by atoms with E-state index in [-0.39, 0.29) is 12.5 Å². The molecule has 0 unspecified atom stereocenters. The molecule has 0 atom stereocenters. The topological polar surface area (TPSA) is 75.5 Å². The molecular formula is C10H14N2O4. The van der Waals surface area contributed by atoms with Crippen LogP contribution in [0.25, 0.3) is 0 Å². The number of ether oxygens (including phenoxy) is 1. The number of aromatic amines is 1. The van der Waals surface area contributed by atoms with E-state index in [1.54, 1.807) is 0 Å². The van der Waals surface area contributed by atoms with Gasteiger partial charge in [-0.1, -0.05) is 6.42 Å². The smallest absolute Gasteiger partial charge is 0.327 e. The largest absolute Gasteiger partial charge is 0.390 e. The number of hydrogen-bond acceptors (Lipinski definition) is 5. The first kappa shape index (κ1) is 10.9. The van der Waals surface area contributed by atoms with E-state index in [0.29, 0.717) is 0 Å². The van der Waals surface area contributed by atoms with Crippen molar-refractivity contribution in [2.45, 2.75) is 19.3 Å². The van der Waals surface area contributed by atoms with Gasteiger partial charge in [0.2, 0.25) is 0 Å². The lowest BCUT2D eigenvalue weighted by atomic mass is 10.1. The second-order valence-electron chi connectivity index (χ2n) is 3.84. The Hall–Kier alpha value is -1.56. The molecule has 0 aliphatic carbocycles. The van der Waals surface area contributed by atoms with Gasteiger partial charge in [-0.3, -0.25) is 14.5 Å². The molecule has 6 heteroatoms. The molecule has 0 saturated carbocycles. The van der Waals surface area contributed by atoms with Crippen LogP contribution in [0.2, 0.25) is 0 Å². The minimum absolute atomic E-state index is 0.0768. The van der Waals surface area contributed by atoms with Gasteiger partial charge in [-0.15, -0.1) is 0 Å². The zero-order valence-corrected chi connectivity index (χ0v) is 8.90. The average Bonchev–Trinajstić information content (AvgIpc) is 2.65. The Kier molecular flexibility index (Phi) is 3.40. The van der Waals surface area contributed by atoms with Crippen LogP contribution < -0.4 is 10.3 Å². The third kappa shape index (κ3) is 2.96. The third-order valence-electron chi connectivity index (χ3n) is 2.52. The summed E-state index contributed by atoms with van der Waals surface area (Å²) < 4.78 is 9.48. The molecule has 0 amide bonds. The van der Waals surface area contributed by atoms with Gasteiger partial charge in [0, 0.05) is 0 Å². The van der Waals surface area contributed by atoms with E-state index < -0.39 is 11.5 Å². The number of rotatable bonds is 3.